The number of aryl methyl sites for hydroxylation is 1. The van der Waals surface area contributed by atoms with E-state index >= 15 is 0 Å². The van der Waals surface area contributed by atoms with Gasteiger partial charge in [-0.25, -0.2) is 4.98 Å². The molecule has 1 saturated heterocycles. The van der Waals surface area contributed by atoms with Crippen molar-refractivity contribution in [1.82, 2.24) is 24.8 Å². The lowest BCUT2D eigenvalue weighted by molar-refractivity contribution is 0.582. The molecule has 1 fully saturated rings. The Kier molecular flexibility index (Phi) is 2.32. The summed E-state index contributed by atoms with van der Waals surface area (Å²) < 4.78 is 1.45. The first-order valence-electron chi connectivity index (χ1n) is 5.63. The van der Waals surface area contributed by atoms with Crippen LogP contribution in [0.1, 0.15) is 0 Å². The van der Waals surface area contributed by atoms with Crippen LogP contribution in [0.25, 0.3) is 11.2 Å². The molecule has 2 aromatic rings. The maximum absolute atomic E-state index is 11.8. The number of nitrogens with one attached hydrogen (secondary N) is 2. The second-order valence-corrected chi connectivity index (χ2v) is 4.16. The fourth-order valence-corrected chi connectivity index (χ4v) is 1.99. The number of hydrogen-bond donors (Lipinski definition) is 2. The molecule has 1 aliphatic heterocycles. The summed E-state index contributed by atoms with van der Waals surface area (Å²) in [6.45, 7) is 3.64. The summed E-state index contributed by atoms with van der Waals surface area (Å²) in [5.41, 5.74) is 0.869. The smallest absolute Gasteiger partial charge is 0.279 e. The Morgan fingerprint density at radius 3 is 2.88 bits per heavy atom. The first kappa shape index (κ1) is 10.3. The summed E-state index contributed by atoms with van der Waals surface area (Å²) in [5.74, 6) is 0.734. The minimum atomic E-state index is -0.0936. The standard InChI is InChI=1S/C10H14N6O/c1-15-6-12-8-7(9(15)17)13-10(14-8)16-4-2-11-3-5-16/h6,11H,2-5H2,1H3,(H,13,14). The van der Waals surface area contributed by atoms with Crippen molar-refractivity contribution >= 4 is 17.1 Å². The highest BCUT2D eigenvalue weighted by molar-refractivity contribution is 5.72. The van der Waals surface area contributed by atoms with Gasteiger partial charge in [0.05, 0.1) is 6.33 Å². The van der Waals surface area contributed by atoms with Gasteiger partial charge in [0.2, 0.25) is 5.95 Å². The summed E-state index contributed by atoms with van der Waals surface area (Å²) in [4.78, 5) is 25.5. The molecule has 2 aromatic heterocycles. The quantitative estimate of drug-likeness (QED) is 0.666. The second kappa shape index (κ2) is 3.85. The maximum Gasteiger partial charge on any atom is 0.279 e. The van der Waals surface area contributed by atoms with Gasteiger partial charge in [-0.05, 0) is 0 Å². The van der Waals surface area contributed by atoms with E-state index in [-0.39, 0.29) is 5.56 Å². The van der Waals surface area contributed by atoms with Crippen LogP contribution in [0.15, 0.2) is 11.1 Å². The minimum Gasteiger partial charge on any atom is -0.340 e. The molecule has 2 N–H and O–H groups in total. The Morgan fingerprint density at radius 2 is 2.12 bits per heavy atom. The van der Waals surface area contributed by atoms with Gasteiger partial charge >= 0.3 is 0 Å². The van der Waals surface area contributed by atoms with Gasteiger partial charge in [-0.3, -0.25) is 4.79 Å². The molecule has 7 heteroatoms. The Morgan fingerprint density at radius 1 is 1.35 bits per heavy atom. The molecular weight excluding hydrogens is 220 g/mol. The third-order valence-corrected chi connectivity index (χ3v) is 2.98. The second-order valence-electron chi connectivity index (χ2n) is 4.16. The van der Waals surface area contributed by atoms with E-state index in [0.717, 1.165) is 32.1 Å². The SMILES string of the molecule is Cn1cnc2nc(N3CCNCC3)[nH]c2c1=O. The zero-order chi connectivity index (χ0) is 11.8. The van der Waals surface area contributed by atoms with Gasteiger partial charge in [0.1, 0.15) is 0 Å². The number of hydrogen-bond acceptors (Lipinski definition) is 5. The van der Waals surface area contributed by atoms with Gasteiger partial charge < -0.3 is 19.8 Å². The largest absolute Gasteiger partial charge is 0.340 e. The molecule has 0 aliphatic carbocycles. The number of H-pyrrole nitrogens is 1. The average molecular weight is 234 g/mol. The lowest BCUT2D eigenvalue weighted by atomic mass is 10.4. The van der Waals surface area contributed by atoms with Crippen molar-refractivity contribution in [2.24, 2.45) is 7.05 Å². The highest BCUT2D eigenvalue weighted by atomic mass is 16.1. The van der Waals surface area contributed by atoms with E-state index in [2.05, 4.69) is 25.2 Å². The van der Waals surface area contributed by atoms with Gasteiger partial charge in [-0.1, -0.05) is 0 Å². The van der Waals surface area contributed by atoms with Crippen molar-refractivity contribution in [3.05, 3.63) is 16.7 Å². The molecule has 1 aliphatic rings. The van der Waals surface area contributed by atoms with E-state index < -0.39 is 0 Å². The van der Waals surface area contributed by atoms with Crippen molar-refractivity contribution in [2.75, 3.05) is 31.1 Å². The summed E-state index contributed by atoms with van der Waals surface area (Å²) in [6, 6.07) is 0. The van der Waals surface area contributed by atoms with E-state index in [1.54, 1.807) is 7.05 Å². The number of piperazine rings is 1. The summed E-state index contributed by atoms with van der Waals surface area (Å²) in [6.07, 6.45) is 1.49. The van der Waals surface area contributed by atoms with E-state index in [4.69, 9.17) is 0 Å². The molecule has 7 nitrogen and oxygen atoms in total. The molecule has 3 rings (SSSR count). The third-order valence-electron chi connectivity index (χ3n) is 2.98. The van der Waals surface area contributed by atoms with E-state index in [9.17, 15) is 4.79 Å². The Bertz CT molecular complexity index is 594. The first-order chi connectivity index (χ1) is 8.25. The fraction of sp³-hybridized carbons (Fsp3) is 0.500. The number of anilines is 1. The molecule has 0 spiro atoms. The van der Waals surface area contributed by atoms with Crippen LogP contribution in [0, 0.1) is 0 Å². The molecule has 0 unspecified atom stereocenters. The fourth-order valence-electron chi connectivity index (χ4n) is 1.99. The number of fused-ring (bicyclic) bond motifs is 1. The Balaban J connectivity index is 2.07. The van der Waals surface area contributed by atoms with Crippen molar-refractivity contribution < 1.29 is 0 Å². The molecule has 0 amide bonds. The topological polar surface area (TPSA) is 78.8 Å². The Hall–Kier alpha value is -1.89. The van der Waals surface area contributed by atoms with Crippen molar-refractivity contribution in [2.45, 2.75) is 0 Å². The summed E-state index contributed by atoms with van der Waals surface area (Å²) in [7, 11) is 1.68. The predicted octanol–water partition coefficient (Wildman–Crippen LogP) is -0.934. The molecule has 0 atom stereocenters. The van der Waals surface area contributed by atoms with Crippen LogP contribution < -0.4 is 15.8 Å². The monoisotopic (exact) mass is 234 g/mol. The van der Waals surface area contributed by atoms with Crippen LogP contribution in [0.3, 0.4) is 0 Å². The molecule has 3 heterocycles. The van der Waals surface area contributed by atoms with Crippen LogP contribution >= 0.6 is 0 Å². The number of rotatable bonds is 1. The lowest BCUT2D eigenvalue weighted by Crippen LogP contribution is -2.44. The zero-order valence-electron chi connectivity index (χ0n) is 9.60. The number of nitrogens with zero attached hydrogens (tertiary/aromatic N) is 4. The molecular formula is C10H14N6O. The number of aromatic amines is 1. The minimum absolute atomic E-state index is 0.0936. The predicted molar refractivity (Wildman–Crippen MR) is 64.2 cm³/mol. The van der Waals surface area contributed by atoms with Gasteiger partial charge in [-0.15, -0.1) is 0 Å². The summed E-state index contributed by atoms with van der Waals surface area (Å²) in [5, 5.41) is 3.27. The number of aromatic nitrogens is 4. The van der Waals surface area contributed by atoms with E-state index in [1.165, 1.54) is 10.9 Å². The average Bonchev–Trinajstić information content (AvgIpc) is 2.80. The summed E-state index contributed by atoms with van der Waals surface area (Å²) >= 11 is 0. The van der Waals surface area contributed by atoms with Gasteiger partial charge in [0.25, 0.3) is 5.56 Å². The molecule has 0 aromatic carbocycles. The molecule has 90 valence electrons. The molecule has 0 radical (unpaired) electrons. The lowest BCUT2D eigenvalue weighted by Gasteiger charge is -2.26. The number of imidazole rings is 1. The van der Waals surface area contributed by atoms with Crippen molar-refractivity contribution in [1.29, 1.82) is 0 Å². The van der Waals surface area contributed by atoms with Crippen LogP contribution in [-0.4, -0.2) is 45.7 Å². The van der Waals surface area contributed by atoms with Crippen molar-refractivity contribution in [3.63, 3.8) is 0 Å². The van der Waals surface area contributed by atoms with Gasteiger partial charge in [0.15, 0.2) is 11.2 Å². The van der Waals surface area contributed by atoms with Crippen LogP contribution in [0.4, 0.5) is 5.95 Å². The molecule has 0 saturated carbocycles. The first-order valence-corrected chi connectivity index (χ1v) is 5.63. The van der Waals surface area contributed by atoms with Crippen LogP contribution in [-0.2, 0) is 7.05 Å². The highest BCUT2D eigenvalue weighted by Crippen LogP contribution is 2.12. The maximum atomic E-state index is 11.8. The van der Waals surface area contributed by atoms with Gasteiger partial charge in [0, 0.05) is 33.2 Å². The Labute approximate surface area is 97.5 Å². The van der Waals surface area contributed by atoms with Crippen LogP contribution in [0.5, 0.6) is 0 Å². The highest BCUT2D eigenvalue weighted by Gasteiger charge is 2.16. The van der Waals surface area contributed by atoms with Crippen LogP contribution in [0.2, 0.25) is 0 Å². The van der Waals surface area contributed by atoms with Gasteiger partial charge in [-0.2, -0.15) is 4.98 Å². The zero-order valence-corrected chi connectivity index (χ0v) is 9.60. The van der Waals surface area contributed by atoms with E-state index in [1.807, 2.05) is 0 Å². The molecule has 17 heavy (non-hydrogen) atoms. The van der Waals surface area contributed by atoms with E-state index in [0.29, 0.717) is 11.2 Å². The normalized spacial score (nSPS) is 16.6. The third kappa shape index (κ3) is 1.68. The molecule has 0 bridgehead atoms. The van der Waals surface area contributed by atoms with Crippen molar-refractivity contribution in [3.8, 4) is 0 Å².